The zero-order valence-corrected chi connectivity index (χ0v) is 18.3. The fourth-order valence-electron chi connectivity index (χ4n) is 4.63. The van der Waals surface area contributed by atoms with E-state index >= 15 is 0 Å². The van der Waals surface area contributed by atoms with Gasteiger partial charge in [-0.05, 0) is 23.5 Å². The van der Waals surface area contributed by atoms with E-state index in [4.69, 9.17) is 0 Å². The Morgan fingerprint density at radius 1 is 0.818 bits per heavy atom. The maximum absolute atomic E-state index is 13.5. The van der Waals surface area contributed by atoms with Gasteiger partial charge in [0.1, 0.15) is 0 Å². The minimum Gasteiger partial charge on any atom is -0.340 e. The van der Waals surface area contributed by atoms with Gasteiger partial charge in [-0.1, -0.05) is 48.5 Å². The van der Waals surface area contributed by atoms with Crippen LogP contribution in [-0.2, 0) is 16.2 Å². The molecule has 0 aliphatic carbocycles. The van der Waals surface area contributed by atoms with E-state index in [0.29, 0.717) is 31.7 Å². The van der Waals surface area contributed by atoms with E-state index < -0.39 is 21.8 Å². The van der Waals surface area contributed by atoms with Crippen molar-refractivity contribution in [3.8, 4) is 11.1 Å². The summed E-state index contributed by atoms with van der Waals surface area (Å²) in [6.45, 7) is 1.71. The van der Waals surface area contributed by atoms with Crippen LogP contribution >= 0.6 is 0 Å². The fourth-order valence-corrected chi connectivity index (χ4v) is 6.40. The standard InChI is InChI=1S/C23H21F3N4O2S/c24-23(25,26)19-10-27-22(28-11-19)29-12-17-14-30(15-18(17)13-29)33(31,32)21-9-5-4-8-20(21)16-6-2-1-3-7-16/h1-11,17-18H,12-15H2. The maximum atomic E-state index is 13.5. The highest BCUT2D eigenvalue weighted by Crippen LogP contribution is 2.38. The summed E-state index contributed by atoms with van der Waals surface area (Å²) in [5.41, 5.74) is 0.608. The molecule has 2 aromatic carbocycles. The summed E-state index contributed by atoms with van der Waals surface area (Å²) in [7, 11) is -3.71. The molecule has 5 rings (SSSR count). The molecule has 2 fully saturated rings. The van der Waals surface area contributed by atoms with E-state index in [1.54, 1.807) is 12.1 Å². The lowest BCUT2D eigenvalue weighted by Gasteiger charge is -2.22. The molecule has 3 aromatic rings. The number of anilines is 1. The molecule has 33 heavy (non-hydrogen) atoms. The van der Waals surface area contributed by atoms with Gasteiger partial charge in [0, 0.05) is 44.1 Å². The quantitative estimate of drug-likeness (QED) is 0.574. The van der Waals surface area contributed by atoms with Gasteiger partial charge in [0.05, 0.1) is 10.5 Å². The molecule has 2 saturated heterocycles. The lowest BCUT2D eigenvalue weighted by atomic mass is 10.0. The van der Waals surface area contributed by atoms with Crippen LogP contribution in [0.25, 0.3) is 11.1 Å². The Labute approximate surface area is 189 Å². The van der Waals surface area contributed by atoms with Gasteiger partial charge in [-0.2, -0.15) is 17.5 Å². The predicted octanol–water partition coefficient (Wildman–Crippen LogP) is 3.92. The van der Waals surface area contributed by atoms with E-state index in [1.807, 2.05) is 47.4 Å². The molecule has 0 radical (unpaired) electrons. The molecule has 2 aliphatic rings. The first-order valence-corrected chi connectivity index (χ1v) is 12.0. The monoisotopic (exact) mass is 474 g/mol. The molecule has 2 unspecified atom stereocenters. The van der Waals surface area contributed by atoms with Crippen molar-refractivity contribution < 1.29 is 21.6 Å². The van der Waals surface area contributed by atoms with Crippen LogP contribution in [0.5, 0.6) is 0 Å². The Hall–Kier alpha value is -2.98. The molecular weight excluding hydrogens is 453 g/mol. The number of rotatable bonds is 4. The SMILES string of the molecule is O=S(=O)(c1ccccc1-c1ccccc1)N1CC2CN(c3ncc(C(F)(F)F)cn3)CC2C1. The summed E-state index contributed by atoms with van der Waals surface area (Å²) in [5.74, 6) is 0.366. The molecule has 1 aromatic heterocycles. The van der Waals surface area contributed by atoms with Gasteiger partial charge in [0.15, 0.2) is 0 Å². The minimum atomic E-state index is -4.48. The number of halogens is 3. The molecule has 0 bridgehead atoms. The average Bonchev–Trinajstić information content (AvgIpc) is 3.39. The number of hydrogen-bond donors (Lipinski definition) is 0. The number of hydrogen-bond acceptors (Lipinski definition) is 5. The van der Waals surface area contributed by atoms with Crippen LogP contribution in [0.2, 0.25) is 0 Å². The van der Waals surface area contributed by atoms with Gasteiger partial charge in [0.25, 0.3) is 0 Å². The van der Waals surface area contributed by atoms with Gasteiger partial charge >= 0.3 is 6.18 Å². The number of aromatic nitrogens is 2. The highest BCUT2D eigenvalue weighted by atomic mass is 32.2. The first-order chi connectivity index (χ1) is 15.7. The van der Waals surface area contributed by atoms with E-state index in [9.17, 15) is 21.6 Å². The van der Waals surface area contributed by atoms with Gasteiger partial charge in [-0.25, -0.2) is 18.4 Å². The Morgan fingerprint density at radius 2 is 1.39 bits per heavy atom. The van der Waals surface area contributed by atoms with Crippen LogP contribution in [0.3, 0.4) is 0 Å². The number of nitrogens with zero attached hydrogens (tertiary/aromatic N) is 4. The topological polar surface area (TPSA) is 66.4 Å². The third-order valence-electron chi connectivity index (χ3n) is 6.29. The van der Waals surface area contributed by atoms with Crippen LogP contribution in [0.15, 0.2) is 71.9 Å². The zero-order chi connectivity index (χ0) is 23.2. The molecule has 2 aliphatic heterocycles. The summed E-state index contributed by atoms with van der Waals surface area (Å²) in [5, 5.41) is 0. The van der Waals surface area contributed by atoms with Crippen molar-refractivity contribution in [1.82, 2.24) is 14.3 Å². The van der Waals surface area contributed by atoms with Crippen LogP contribution in [-0.4, -0.2) is 48.9 Å². The van der Waals surface area contributed by atoms with Crippen molar-refractivity contribution >= 4 is 16.0 Å². The third kappa shape index (κ3) is 4.08. The van der Waals surface area contributed by atoms with Gasteiger partial charge in [-0.3, -0.25) is 0 Å². The Morgan fingerprint density at radius 3 is 2.00 bits per heavy atom. The number of fused-ring (bicyclic) bond motifs is 1. The largest absolute Gasteiger partial charge is 0.419 e. The summed E-state index contributed by atoms with van der Waals surface area (Å²) in [4.78, 5) is 9.86. The molecule has 172 valence electrons. The van der Waals surface area contributed by atoms with E-state index in [-0.39, 0.29) is 22.7 Å². The molecular formula is C23H21F3N4O2S. The summed E-state index contributed by atoms with van der Waals surface area (Å²) in [6, 6.07) is 16.4. The third-order valence-corrected chi connectivity index (χ3v) is 8.18. The first-order valence-electron chi connectivity index (χ1n) is 10.5. The molecule has 2 atom stereocenters. The van der Waals surface area contributed by atoms with Crippen LogP contribution < -0.4 is 4.90 Å². The van der Waals surface area contributed by atoms with E-state index in [2.05, 4.69) is 9.97 Å². The van der Waals surface area contributed by atoms with Crippen LogP contribution in [0.4, 0.5) is 19.1 Å². The minimum absolute atomic E-state index is 0.0644. The van der Waals surface area contributed by atoms with Crippen molar-refractivity contribution in [2.24, 2.45) is 11.8 Å². The predicted molar refractivity (Wildman–Crippen MR) is 117 cm³/mol. The molecule has 0 spiro atoms. The second-order valence-electron chi connectivity index (χ2n) is 8.38. The molecule has 3 heterocycles. The summed E-state index contributed by atoms with van der Waals surface area (Å²) < 4.78 is 66.9. The number of sulfonamides is 1. The summed E-state index contributed by atoms with van der Waals surface area (Å²) >= 11 is 0. The molecule has 0 N–H and O–H groups in total. The molecule has 0 saturated carbocycles. The average molecular weight is 475 g/mol. The zero-order valence-electron chi connectivity index (χ0n) is 17.5. The lowest BCUT2D eigenvalue weighted by molar-refractivity contribution is -0.138. The van der Waals surface area contributed by atoms with Crippen molar-refractivity contribution in [1.29, 1.82) is 0 Å². The lowest BCUT2D eigenvalue weighted by Crippen LogP contribution is -2.34. The number of alkyl halides is 3. The van der Waals surface area contributed by atoms with Gasteiger partial charge < -0.3 is 4.90 Å². The molecule has 0 amide bonds. The van der Waals surface area contributed by atoms with Crippen LogP contribution in [0.1, 0.15) is 5.56 Å². The summed E-state index contributed by atoms with van der Waals surface area (Å²) in [6.07, 6.45) is -2.91. The second kappa shape index (κ2) is 8.11. The van der Waals surface area contributed by atoms with Gasteiger partial charge in [0.2, 0.25) is 16.0 Å². The number of benzene rings is 2. The van der Waals surface area contributed by atoms with E-state index in [0.717, 1.165) is 18.0 Å². The van der Waals surface area contributed by atoms with Crippen molar-refractivity contribution in [3.63, 3.8) is 0 Å². The smallest absolute Gasteiger partial charge is 0.340 e. The first kappa shape index (κ1) is 21.8. The van der Waals surface area contributed by atoms with Crippen molar-refractivity contribution in [2.45, 2.75) is 11.1 Å². The Balaban J connectivity index is 1.33. The van der Waals surface area contributed by atoms with Crippen molar-refractivity contribution in [2.75, 3.05) is 31.1 Å². The molecule has 6 nitrogen and oxygen atoms in total. The maximum Gasteiger partial charge on any atom is 0.419 e. The molecule has 10 heteroatoms. The van der Waals surface area contributed by atoms with Crippen molar-refractivity contribution in [3.05, 3.63) is 72.6 Å². The second-order valence-corrected chi connectivity index (χ2v) is 10.3. The highest BCUT2D eigenvalue weighted by molar-refractivity contribution is 7.89. The van der Waals surface area contributed by atoms with E-state index in [1.165, 1.54) is 4.31 Å². The van der Waals surface area contributed by atoms with Crippen LogP contribution in [0, 0.1) is 11.8 Å². The highest BCUT2D eigenvalue weighted by Gasteiger charge is 2.45. The fraction of sp³-hybridized carbons (Fsp3) is 0.304. The van der Waals surface area contributed by atoms with Gasteiger partial charge in [-0.15, -0.1) is 0 Å². The Bertz CT molecular complexity index is 1240. The normalized spacial score (nSPS) is 21.4. The Kier molecular flexibility index (Phi) is 5.37.